The molecule has 1 nitrogen and oxygen atoms in total. The average Bonchev–Trinajstić information content (AvgIpc) is 2.89. The summed E-state index contributed by atoms with van der Waals surface area (Å²) in [6, 6.07) is 8.05. The van der Waals surface area contributed by atoms with Gasteiger partial charge in [-0.1, -0.05) is 13.0 Å². The Morgan fingerprint density at radius 2 is 1.90 bits per heavy atom. The predicted octanol–water partition coefficient (Wildman–Crippen LogP) is 5.41. The molecule has 5 heteroatoms. The van der Waals surface area contributed by atoms with Crippen LogP contribution in [-0.4, -0.2) is 7.05 Å². The molecule has 1 aromatic heterocycles. The van der Waals surface area contributed by atoms with Crippen LogP contribution in [0.1, 0.15) is 35.4 Å². The molecule has 1 aromatic carbocycles. The summed E-state index contributed by atoms with van der Waals surface area (Å²) in [5.41, 5.74) is 0.916. The van der Waals surface area contributed by atoms with Crippen molar-refractivity contribution in [3.63, 3.8) is 0 Å². The van der Waals surface area contributed by atoms with Crippen molar-refractivity contribution in [1.82, 2.24) is 5.32 Å². The zero-order chi connectivity index (χ0) is 15.6. The smallest absolute Gasteiger partial charge is 0.312 e. The lowest BCUT2D eigenvalue weighted by atomic mass is 10.0. The van der Waals surface area contributed by atoms with Crippen LogP contribution >= 0.6 is 11.3 Å². The van der Waals surface area contributed by atoms with E-state index in [9.17, 15) is 13.2 Å². The van der Waals surface area contributed by atoms with Crippen molar-refractivity contribution in [2.75, 3.05) is 7.05 Å². The second kappa shape index (κ2) is 6.20. The molecule has 1 unspecified atom stereocenters. The van der Waals surface area contributed by atoms with E-state index in [1.165, 1.54) is 12.1 Å². The lowest BCUT2D eigenvalue weighted by Gasteiger charge is -2.12. The Kier molecular flexibility index (Phi) is 4.74. The molecule has 0 fully saturated rings. The largest absolute Gasteiger partial charge is 0.416 e. The molecule has 0 radical (unpaired) electrons. The lowest BCUT2D eigenvalue weighted by molar-refractivity contribution is -0.137. The maximum atomic E-state index is 12.9. The number of thiophene rings is 1. The van der Waals surface area contributed by atoms with Crippen LogP contribution in [0.3, 0.4) is 0 Å². The number of aryl methyl sites for hydroxylation is 1. The highest BCUT2D eigenvalue weighted by atomic mass is 32.1. The Bertz CT molecular complexity index is 612. The molecular formula is C16H18F3NS. The fraction of sp³-hybridized carbons (Fsp3) is 0.375. The van der Waals surface area contributed by atoms with Crippen LogP contribution in [-0.2, 0) is 6.18 Å². The van der Waals surface area contributed by atoms with Gasteiger partial charge in [0.1, 0.15) is 0 Å². The van der Waals surface area contributed by atoms with Crippen molar-refractivity contribution in [2.45, 2.75) is 32.5 Å². The second-order valence-electron chi connectivity index (χ2n) is 4.98. The SMILES string of the molecule is CCC(NC)c1ccc(-c2cc(C(F)(F)F)ccc2C)s1. The van der Waals surface area contributed by atoms with E-state index in [4.69, 9.17) is 0 Å². The molecule has 0 bridgehead atoms. The number of nitrogens with one attached hydrogen (secondary N) is 1. The van der Waals surface area contributed by atoms with Crippen LogP contribution in [0.4, 0.5) is 13.2 Å². The second-order valence-corrected chi connectivity index (χ2v) is 6.09. The highest BCUT2D eigenvalue weighted by molar-refractivity contribution is 7.15. The lowest BCUT2D eigenvalue weighted by Crippen LogP contribution is -2.13. The third-order valence-electron chi connectivity index (χ3n) is 3.56. The minimum absolute atomic E-state index is 0.245. The van der Waals surface area contributed by atoms with Crippen molar-refractivity contribution in [1.29, 1.82) is 0 Å². The first kappa shape index (κ1) is 16.0. The Balaban J connectivity index is 2.42. The number of halogens is 3. The van der Waals surface area contributed by atoms with Crippen molar-refractivity contribution in [2.24, 2.45) is 0 Å². The minimum Gasteiger partial charge on any atom is -0.312 e. The van der Waals surface area contributed by atoms with Crippen LogP contribution in [0.2, 0.25) is 0 Å². The molecule has 0 amide bonds. The van der Waals surface area contributed by atoms with Crippen molar-refractivity contribution < 1.29 is 13.2 Å². The van der Waals surface area contributed by atoms with Gasteiger partial charge in [0.25, 0.3) is 0 Å². The first-order valence-corrected chi connectivity index (χ1v) is 7.63. The fourth-order valence-corrected chi connectivity index (χ4v) is 3.58. The molecular weight excluding hydrogens is 295 g/mol. The number of benzene rings is 1. The maximum Gasteiger partial charge on any atom is 0.416 e. The monoisotopic (exact) mass is 313 g/mol. The molecule has 114 valence electrons. The number of hydrogen-bond donors (Lipinski definition) is 1. The van der Waals surface area contributed by atoms with Gasteiger partial charge in [-0.15, -0.1) is 11.3 Å². The highest BCUT2D eigenvalue weighted by Gasteiger charge is 2.31. The fourth-order valence-electron chi connectivity index (χ4n) is 2.30. The van der Waals surface area contributed by atoms with E-state index in [0.29, 0.717) is 5.56 Å². The third-order valence-corrected chi connectivity index (χ3v) is 4.79. The van der Waals surface area contributed by atoms with Gasteiger partial charge in [-0.25, -0.2) is 0 Å². The van der Waals surface area contributed by atoms with E-state index in [0.717, 1.165) is 27.8 Å². The topological polar surface area (TPSA) is 12.0 Å². The Labute approximate surface area is 126 Å². The van der Waals surface area contributed by atoms with Crippen LogP contribution in [0.15, 0.2) is 30.3 Å². The third kappa shape index (κ3) is 3.47. The van der Waals surface area contributed by atoms with Gasteiger partial charge in [-0.2, -0.15) is 13.2 Å². The molecule has 2 rings (SSSR count). The van der Waals surface area contributed by atoms with Gasteiger partial charge in [0.05, 0.1) is 5.56 Å². The van der Waals surface area contributed by atoms with Gasteiger partial charge in [0.2, 0.25) is 0 Å². The Morgan fingerprint density at radius 3 is 2.48 bits per heavy atom. The van der Waals surface area contributed by atoms with E-state index in [-0.39, 0.29) is 6.04 Å². The summed E-state index contributed by atoms with van der Waals surface area (Å²) < 4.78 is 38.6. The van der Waals surface area contributed by atoms with Gasteiger partial charge < -0.3 is 5.32 Å². The molecule has 21 heavy (non-hydrogen) atoms. The predicted molar refractivity (Wildman–Crippen MR) is 81.6 cm³/mol. The molecule has 1 heterocycles. The summed E-state index contributed by atoms with van der Waals surface area (Å²) in [6.45, 7) is 3.92. The van der Waals surface area contributed by atoms with Crippen molar-refractivity contribution >= 4 is 11.3 Å². The van der Waals surface area contributed by atoms with E-state index in [2.05, 4.69) is 12.2 Å². The average molecular weight is 313 g/mol. The number of hydrogen-bond acceptors (Lipinski definition) is 2. The zero-order valence-electron chi connectivity index (χ0n) is 12.2. The van der Waals surface area contributed by atoms with Gasteiger partial charge in [0.15, 0.2) is 0 Å². The molecule has 0 saturated carbocycles. The Hall–Kier alpha value is -1.33. The zero-order valence-corrected chi connectivity index (χ0v) is 13.0. The summed E-state index contributed by atoms with van der Waals surface area (Å²) in [6.07, 6.45) is -3.36. The minimum atomic E-state index is -4.31. The highest BCUT2D eigenvalue weighted by Crippen LogP contribution is 2.37. The molecule has 0 aliphatic rings. The van der Waals surface area contributed by atoms with E-state index >= 15 is 0 Å². The van der Waals surface area contributed by atoms with E-state index in [1.54, 1.807) is 11.3 Å². The molecule has 0 aliphatic carbocycles. The summed E-state index contributed by atoms with van der Waals surface area (Å²) >= 11 is 1.55. The molecule has 0 spiro atoms. The first-order valence-electron chi connectivity index (χ1n) is 6.82. The first-order chi connectivity index (χ1) is 9.86. The van der Waals surface area contributed by atoms with E-state index in [1.807, 2.05) is 26.1 Å². The summed E-state index contributed by atoms with van der Waals surface area (Å²) in [5, 5.41) is 3.21. The normalized spacial score (nSPS) is 13.4. The van der Waals surface area contributed by atoms with Crippen molar-refractivity contribution in [3.8, 4) is 10.4 Å². The van der Waals surface area contributed by atoms with Crippen molar-refractivity contribution in [3.05, 3.63) is 46.3 Å². The molecule has 1 atom stereocenters. The van der Waals surface area contributed by atoms with Gasteiger partial charge in [-0.05, 0) is 55.8 Å². The maximum absolute atomic E-state index is 12.9. The number of alkyl halides is 3. The van der Waals surface area contributed by atoms with Crippen LogP contribution in [0.25, 0.3) is 10.4 Å². The summed E-state index contributed by atoms with van der Waals surface area (Å²) in [4.78, 5) is 2.02. The van der Waals surface area contributed by atoms with Gasteiger partial charge in [0, 0.05) is 15.8 Å². The summed E-state index contributed by atoms with van der Waals surface area (Å²) in [5.74, 6) is 0. The van der Waals surface area contributed by atoms with Gasteiger partial charge >= 0.3 is 6.18 Å². The van der Waals surface area contributed by atoms with E-state index < -0.39 is 11.7 Å². The van der Waals surface area contributed by atoms with Crippen LogP contribution in [0, 0.1) is 6.92 Å². The molecule has 2 aromatic rings. The van der Waals surface area contributed by atoms with Gasteiger partial charge in [-0.3, -0.25) is 0 Å². The molecule has 0 aliphatic heterocycles. The Morgan fingerprint density at radius 1 is 1.19 bits per heavy atom. The quantitative estimate of drug-likeness (QED) is 0.795. The summed E-state index contributed by atoms with van der Waals surface area (Å²) in [7, 11) is 1.89. The van der Waals surface area contributed by atoms with Crippen LogP contribution in [0.5, 0.6) is 0 Å². The number of rotatable bonds is 4. The van der Waals surface area contributed by atoms with Crippen LogP contribution < -0.4 is 5.32 Å². The molecule has 1 N–H and O–H groups in total. The molecule has 0 saturated heterocycles. The standard InChI is InChI=1S/C16H18F3NS/c1-4-13(20-3)15-8-7-14(21-15)12-9-11(16(17,18)19)6-5-10(12)2/h5-9,13,20H,4H2,1-3H3.